The molecule has 2 N–H and O–H groups in total. The van der Waals surface area contributed by atoms with E-state index in [9.17, 15) is 9.18 Å². The Bertz CT molecular complexity index is 888. The topological polar surface area (TPSA) is 57.8 Å². The zero-order chi connectivity index (χ0) is 19.8. The van der Waals surface area contributed by atoms with Gasteiger partial charge in [0.1, 0.15) is 5.82 Å². The van der Waals surface area contributed by atoms with Gasteiger partial charge < -0.3 is 10.3 Å². The van der Waals surface area contributed by atoms with Crippen LogP contribution in [0, 0.1) is 5.82 Å². The molecule has 4 nitrogen and oxygen atoms in total. The number of carbonyl (C=O) groups excluding carboxylic acids is 1. The first-order valence-corrected chi connectivity index (χ1v) is 9.23. The lowest BCUT2D eigenvalue weighted by Crippen LogP contribution is -2.11. The summed E-state index contributed by atoms with van der Waals surface area (Å²) < 4.78 is 13.6. The van der Waals surface area contributed by atoms with Crippen LogP contribution < -0.4 is 5.32 Å². The van der Waals surface area contributed by atoms with Crippen molar-refractivity contribution in [1.82, 2.24) is 15.3 Å². The highest BCUT2D eigenvalue weighted by molar-refractivity contribution is 6.30. The van der Waals surface area contributed by atoms with Crippen LogP contribution in [0.15, 0.2) is 42.6 Å². The number of hydrogen-bond donors (Lipinski definition) is 2. The van der Waals surface area contributed by atoms with Crippen molar-refractivity contribution in [1.29, 1.82) is 0 Å². The van der Waals surface area contributed by atoms with Gasteiger partial charge in [0.25, 0.3) is 0 Å². The molecule has 27 heavy (non-hydrogen) atoms. The van der Waals surface area contributed by atoms with Crippen molar-refractivity contribution >= 4 is 17.9 Å². The predicted molar refractivity (Wildman–Crippen MR) is 109 cm³/mol. The minimum atomic E-state index is -0.410. The molecule has 0 fully saturated rings. The Balaban J connectivity index is 0.00000126. The fraction of sp³-hybridized carbons (Fsp3) is 0.238. The number of aldehydes is 1. The number of rotatable bonds is 6. The molecule has 0 radical (unpaired) electrons. The molecule has 0 saturated carbocycles. The maximum absolute atomic E-state index is 13.6. The third-order valence-electron chi connectivity index (χ3n) is 3.92. The summed E-state index contributed by atoms with van der Waals surface area (Å²) >= 11 is 5.93. The number of carbonyl (C=O) groups is 1. The molecule has 0 unspecified atom stereocenters. The van der Waals surface area contributed by atoms with Gasteiger partial charge >= 0.3 is 0 Å². The molecule has 3 rings (SSSR count). The van der Waals surface area contributed by atoms with Crippen molar-refractivity contribution in [3.8, 4) is 22.5 Å². The highest BCUT2D eigenvalue weighted by atomic mass is 35.5. The quantitative estimate of drug-likeness (QED) is 0.576. The van der Waals surface area contributed by atoms with Crippen molar-refractivity contribution in [2.24, 2.45) is 0 Å². The Hall–Kier alpha value is -2.50. The van der Waals surface area contributed by atoms with E-state index in [4.69, 9.17) is 11.6 Å². The van der Waals surface area contributed by atoms with Crippen molar-refractivity contribution in [3.05, 3.63) is 64.7 Å². The van der Waals surface area contributed by atoms with Gasteiger partial charge in [-0.15, -0.1) is 0 Å². The smallest absolute Gasteiger partial charge is 0.151 e. The molecule has 0 aliphatic carbocycles. The first kappa shape index (κ1) is 20.8. The molecule has 3 aromatic rings. The summed E-state index contributed by atoms with van der Waals surface area (Å²) in [4.78, 5) is 18.9. The van der Waals surface area contributed by atoms with Crippen LogP contribution in [0.5, 0.6) is 0 Å². The van der Waals surface area contributed by atoms with E-state index < -0.39 is 5.82 Å². The van der Waals surface area contributed by atoms with Gasteiger partial charge in [-0.3, -0.25) is 9.78 Å². The summed E-state index contributed by atoms with van der Waals surface area (Å²) in [5, 5.41) is 3.38. The average molecular weight is 388 g/mol. The zero-order valence-corrected chi connectivity index (χ0v) is 16.4. The summed E-state index contributed by atoms with van der Waals surface area (Å²) in [5.41, 5.74) is 4.41. The molecular weight excluding hydrogens is 365 g/mol. The van der Waals surface area contributed by atoms with Crippen LogP contribution >= 0.6 is 11.6 Å². The van der Waals surface area contributed by atoms with Gasteiger partial charge in [-0.2, -0.15) is 0 Å². The fourth-order valence-electron chi connectivity index (χ4n) is 2.69. The van der Waals surface area contributed by atoms with Crippen molar-refractivity contribution in [3.63, 3.8) is 0 Å². The standard InChI is InChI=1S/C19H17ClFN3O.C2H6/c1-22-4-3-17-14(11-25)9-19(24-17)12-2-5-23-18(8-12)13-6-15(20)10-16(21)7-13;1-2/h2,5-11,22,24H,3-4H2,1H3;1-2H3. The van der Waals surface area contributed by atoms with Crippen LogP contribution in [0.3, 0.4) is 0 Å². The van der Waals surface area contributed by atoms with Gasteiger partial charge in [-0.25, -0.2) is 4.39 Å². The molecule has 0 aliphatic rings. The Morgan fingerprint density at radius 1 is 1.19 bits per heavy atom. The maximum atomic E-state index is 13.6. The predicted octanol–water partition coefficient (Wildman–Crippen LogP) is 5.14. The van der Waals surface area contributed by atoms with Gasteiger partial charge in [0.05, 0.1) is 5.69 Å². The van der Waals surface area contributed by atoms with Crippen LogP contribution in [-0.4, -0.2) is 29.8 Å². The maximum Gasteiger partial charge on any atom is 0.151 e. The number of benzene rings is 1. The van der Waals surface area contributed by atoms with Crippen LogP contribution in [0.4, 0.5) is 4.39 Å². The number of halogens is 2. The molecule has 0 saturated heterocycles. The lowest BCUT2D eigenvalue weighted by Gasteiger charge is -2.05. The lowest BCUT2D eigenvalue weighted by atomic mass is 10.1. The van der Waals surface area contributed by atoms with E-state index in [1.54, 1.807) is 12.3 Å². The van der Waals surface area contributed by atoms with E-state index >= 15 is 0 Å². The zero-order valence-electron chi connectivity index (χ0n) is 15.6. The number of pyridine rings is 1. The number of aromatic amines is 1. The number of nitrogens with zero attached hydrogens (tertiary/aromatic N) is 1. The van der Waals surface area contributed by atoms with E-state index in [-0.39, 0.29) is 0 Å². The molecule has 0 bridgehead atoms. The van der Waals surface area contributed by atoms with Gasteiger partial charge in [-0.1, -0.05) is 25.4 Å². The molecule has 2 aromatic heterocycles. The molecule has 2 heterocycles. The average Bonchev–Trinajstić information content (AvgIpc) is 3.10. The van der Waals surface area contributed by atoms with Crippen LogP contribution in [0.1, 0.15) is 29.9 Å². The van der Waals surface area contributed by atoms with E-state index in [1.807, 2.05) is 39.1 Å². The number of H-pyrrole nitrogens is 1. The van der Waals surface area contributed by atoms with Gasteiger partial charge in [0, 0.05) is 52.3 Å². The fourth-order valence-corrected chi connectivity index (χ4v) is 2.91. The summed E-state index contributed by atoms with van der Waals surface area (Å²) in [6.45, 7) is 4.77. The SMILES string of the molecule is CC.CNCCc1[nH]c(-c2ccnc(-c3cc(F)cc(Cl)c3)c2)cc1C=O. The lowest BCUT2D eigenvalue weighted by molar-refractivity contribution is 0.112. The number of nitrogens with one attached hydrogen (secondary N) is 2. The number of likely N-dealkylation sites (N-methyl/N-ethyl adjacent to an activating group) is 1. The number of aromatic nitrogens is 2. The second-order valence-corrected chi connectivity index (χ2v) is 6.11. The molecular formula is C21H23ClFN3O. The second kappa shape index (κ2) is 10.00. The minimum absolute atomic E-state index is 0.319. The molecule has 0 spiro atoms. The number of hydrogen-bond acceptors (Lipinski definition) is 3. The Morgan fingerprint density at radius 2 is 1.96 bits per heavy atom. The summed E-state index contributed by atoms with van der Waals surface area (Å²) in [7, 11) is 1.86. The van der Waals surface area contributed by atoms with Crippen molar-refractivity contribution in [2.75, 3.05) is 13.6 Å². The molecule has 0 amide bonds. The normalized spacial score (nSPS) is 10.3. The molecule has 1 aromatic carbocycles. The van der Waals surface area contributed by atoms with E-state index in [0.717, 1.165) is 36.2 Å². The largest absolute Gasteiger partial charge is 0.358 e. The van der Waals surface area contributed by atoms with Crippen LogP contribution in [0.2, 0.25) is 5.02 Å². The monoisotopic (exact) mass is 387 g/mol. The van der Waals surface area contributed by atoms with Gasteiger partial charge in [0.15, 0.2) is 6.29 Å². The van der Waals surface area contributed by atoms with Gasteiger partial charge in [-0.05, 0) is 43.4 Å². The van der Waals surface area contributed by atoms with Crippen molar-refractivity contribution in [2.45, 2.75) is 20.3 Å². The van der Waals surface area contributed by atoms with E-state index in [1.165, 1.54) is 12.1 Å². The summed E-state index contributed by atoms with van der Waals surface area (Å²) in [5.74, 6) is -0.410. The van der Waals surface area contributed by atoms with Crippen molar-refractivity contribution < 1.29 is 9.18 Å². The first-order chi connectivity index (χ1) is 13.1. The Morgan fingerprint density at radius 3 is 2.63 bits per heavy atom. The highest BCUT2D eigenvalue weighted by Gasteiger charge is 2.11. The molecule has 0 aliphatic heterocycles. The molecule has 142 valence electrons. The summed E-state index contributed by atoms with van der Waals surface area (Å²) in [6, 6.07) is 9.81. The minimum Gasteiger partial charge on any atom is -0.358 e. The van der Waals surface area contributed by atoms with E-state index in [0.29, 0.717) is 21.8 Å². The third kappa shape index (κ3) is 5.25. The Labute approximate surface area is 163 Å². The van der Waals surface area contributed by atoms with E-state index in [2.05, 4.69) is 15.3 Å². The third-order valence-corrected chi connectivity index (χ3v) is 4.13. The first-order valence-electron chi connectivity index (χ1n) is 8.85. The molecule has 6 heteroatoms. The summed E-state index contributed by atoms with van der Waals surface area (Å²) in [6.07, 6.45) is 3.22. The van der Waals surface area contributed by atoms with Crippen LogP contribution in [-0.2, 0) is 6.42 Å². The second-order valence-electron chi connectivity index (χ2n) is 5.68. The molecule has 0 atom stereocenters. The highest BCUT2D eigenvalue weighted by Crippen LogP contribution is 2.27. The van der Waals surface area contributed by atoms with Crippen LogP contribution in [0.25, 0.3) is 22.5 Å². The van der Waals surface area contributed by atoms with Gasteiger partial charge in [0.2, 0.25) is 0 Å². The Kier molecular flexibility index (Phi) is 7.70.